The summed E-state index contributed by atoms with van der Waals surface area (Å²) in [4.78, 5) is 15.6. The van der Waals surface area contributed by atoms with Crippen LogP contribution in [0.1, 0.15) is 25.3 Å². The molecule has 220 valence electrons. The van der Waals surface area contributed by atoms with Crippen LogP contribution >= 0.6 is 11.6 Å². The van der Waals surface area contributed by atoms with Crippen LogP contribution in [0.25, 0.3) is 11.3 Å². The van der Waals surface area contributed by atoms with Crippen LogP contribution in [-0.4, -0.2) is 86.5 Å². The van der Waals surface area contributed by atoms with Crippen molar-refractivity contribution in [2.75, 3.05) is 18.6 Å². The van der Waals surface area contributed by atoms with E-state index in [-0.39, 0.29) is 11.3 Å². The molecule has 1 aliphatic heterocycles. The summed E-state index contributed by atoms with van der Waals surface area (Å²) >= 11 is 6.22. The molecule has 1 saturated carbocycles. The Labute approximate surface area is 237 Å². The highest BCUT2D eigenvalue weighted by Crippen LogP contribution is 2.37. The van der Waals surface area contributed by atoms with Crippen LogP contribution in [0, 0.1) is 17.5 Å². The number of aliphatic hydroxyl groups is 3. The maximum absolute atomic E-state index is 14.2. The van der Waals surface area contributed by atoms with Gasteiger partial charge in [-0.1, -0.05) is 22.9 Å². The van der Waals surface area contributed by atoms with Gasteiger partial charge in [0.05, 0.1) is 24.9 Å². The number of hydrogen-bond acceptors (Lipinski definition) is 8. The molecule has 5 rings (SSSR count). The first-order valence-electron chi connectivity index (χ1n) is 12.9. The van der Waals surface area contributed by atoms with Crippen LogP contribution in [0.4, 0.5) is 18.9 Å². The molecule has 2 heterocycles. The Kier molecular flexibility index (Phi) is 8.64. The van der Waals surface area contributed by atoms with Gasteiger partial charge in [0.1, 0.15) is 30.0 Å². The van der Waals surface area contributed by atoms with Gasteiger partial charge >= 0.3 is 0 Å². The zero-order chi connectivity index (χ0) is 29.4. The largest absolute Gasteiger partial charge is 0.394 e. The summed E-state index contributed by atoms with van der Waals surface area (Å²) in [6.07, 6.45) is -3.19. The van der Waals surface area contributed by atoms with Crippen molar-refractivity contribution in [2.45, 2.75) is 61.9 Å². The van der Waals surface area contributed by atoms with E-state index in [0.29, 0.717) is 30.0 Å². The van der Waals surface area contributed by atoms with E-state index in [1.54, 1.807) is 24.3 Å². The van der Waals surface area contributed by atoms with Crippen LogP contribution in [0.3, 0.4) is 0 Å². The highest BCUT2D eigenvalue weighted by molar-refractivity contribution is 6.31. The Morgan fingerprint density at radius 2 is 1.93 bits per heavy atom. The number of amides is 1. The van der Waals surface area contributed by atoms with Crippen molar-refractivity contribution in [2.24, 2.45) is 0 Å². The number of carbonyl (C=O) groups is 1. The molecule has 1 aliphatic carbocycles. The molecule has 2 aliphatic rings. The molecule has 0 bridgehead atoms. The van der Waals surface area contributed by atoms with E-state index in [4.69, 9.17) is 21.1 Å². The van der Waals surface area contributed by atoms with E-state index < -0.39 is 72.6 Å². The number of aromatic nitrogens is 3. The number of carbonyl (C=O) groups excluding carboxylic acids is 1. The standard InChI is InChI=1S/C27H28ClF3N4O6/c1-40-25-23(34-11-18(32-33-34)13-8-16(29)22(31)17(30)9-13)24(38)21(12-36)41-26(25)27(39)35(19-6-3-7-20(19)37)15-5-2-4-14(28)10-15/h2,4-5,8-11,19-21,23-26,36-38H,3,6-7,12H2,1H3/t19-,20-,21+,23-,24-,25+,26+/m0/s1. The molecule has 2 aromatic carbocycles. The van der Waals surface area contributed by atoms with Crippen LogP contribution in [0.15, 0.2) is 42.6 Å². The van der Waals surface area contributed by atoms with E-state index in [0.717, 1.165) is 16.8 Å². The molecule has 0 radical (unpaired) electrons. The van der Waals surface area contributed by atoms with Gasteiger partial charge in [-0.25, -0.2) is 17.9 Å². The lowest BCUT2D eigenvalue weighted by Crippen LogP contribution is -2.62. The molecule has 2 fully saturated rings. The van der Waals surface area contributed by atoms with E-state index in [9.17, 15) is 33.3 Å². The van der Waals surface area contributed by atoms with Crippen molar-refractivity contribution >= 4 is 23.2 Å². The first-order valence-corrected chi connectivity index (χ1v) is 13.3. The average molecular weight is 597 g/mol. The molecule has 3 N–H and O–H groups in total. The summed E-state index contributed by atoms with van der Waals surface area (Å²) in [7, 11) is 1.30. The Morgan fingerprint density at radius 1 is 1.20 bits per heavy atom. The molecule has 0 spiro atoms. The lowest BCUT2D eigenvalue weighted by Gasteiger charge is -2.45. The fourth-order valence-electron chi connectivity index (χ4n) is 5.58. The van der Waals surface area contributed by atoms with Crippen molar-refractivity contribution in [3.63, 3.8) is 0 Å². The zero-order valence-electron chi connectivity index (χ0n) is 21.8. The minimum atomic E-state index is -1.63. The number of methoxy groups -OCH3 is 1. The van der Waals surface area contributed by atoms with Gasteiger partial charge in [0.15, 0.2) is 23.6 Å². The molecule has 1 saturated heterocycles. The zero-order valence-corrected chi connectivity index (χ0v) is 22.5. The highest BCUT2D eigenvalue weighted by atomic mass is 35.5. The summed E-state index contributed by atoms with van der Waals surface area (Å²) in [6, 6.07) is 6.29. The van der Waals surface area contributed by atoms with Crippen LogP contribution in [0.5, 0.6) is 0 Å². The summed E-state index contributed by atoms with van der Waals surface area (Å²) < 4.78 is 53.9. The number of hydrogen-bond donors (Lipinski definition) is 3. The van der Waals surface area contributed by atoms with Gasteiger partial charge in [-0.3, -0.25) is 4.79 Å². The molecular weight excluding hydrogens is 569 g/mol. The van der Waals surface area contributed by atoms with Crippen LogP contribution in [0.2, 0.25) is 5.02 Å². The summed E-state index contributed by atoms with van der Waals surface area (Å²) in [6.45, 7) is -0.670. The number of ether oxygens (including phenoxy) is 2. The molecule has 10 nitrogen and oxygen atoms in total. The second-order valence-electron chi connectivity index (χ2n) is 10.1. The highest BCUT2D eigenvalue weighted by Gasteiger charge is 2.52. The lowest BCUT2D eigenvalue weighted by molar-refractivity contribution is -0.211. The molecule has 7 atom stereocenters. The van der Waals surface area contributed by atoms with Crippen molar-refractivity contribution in [3.8, 4) is 11.3 Å². The third kappa shape index (κ3) is 5.57. The van der Waals surface area contributed by atoms with E-state index in [2.05, 4.69) is 10.3 Å². The van der Waals surface area contributed by atoms with Crippen LogP contribution in [-0.2, 0) is 14.3 Å². The first kappa shape index (κ1) is 29.4. The minimum Gasteiger partial charge on any atom is -0.394 e. The Bertz CT molecular complexity index is 1390. The van der Waals surface area contributed by atoms with E-state index >= 15 is 0 Å². The monoisotopic (exact) mass is 596 g/mol. The molecular formula is C27H28ClF3N4O6. The number of nitrogens with zero attached hydrogens (tertiary/aromatic N) is 4. The number of benzene rings is 2. The second kappa shape index (κ2) is 12.0. The fourth-order valence-corrected chi connectivity index (χ4v) is 5.77. The number of aliphatic hydroxyl groups excluding tert-OH is 3. The smallest absolute Gasteiger partial charge is 0.259 e. The Balaban J connectivity index is 1.53. The Morgan fingerprint density at radius 3 is 2.54 bits per heavy atom. The van der Waals surface area contributed by atoms with Gasteiger partial charge in [0.2, 0.25) is 0 Å². The molecule has 1 amide bonds. The van der Waals surface area contributed by atoms with Gasteiger partial charge in [0.25, 0.3) is 5.91 Å². The van der Waals surface area contributed by atoms with E-state index in [1.807, 2.05) is 0 Å². The van der Waals surface area contributed by atoms with E-state index in [1.165, 1.54) is 18.2 Å². The third-order valence-electron chi connectivity index (χ3n) is 7.58. The quantitative estimate of drug-likeness (QED) is 0.355. The molecule has 1 aromatic heterocycles. The van der Waals surface area contributed by atoms with Gasteiger partial charge < -0.3 is 29.7 Å². The second-order valence-corrected chi connectivity index (χ2v) is 10.5. The summed E-state index contributed by atoms with van der Waals surface area (Å²) in [5.74, 6) is -5.08. The van der Waals surface area contributed by atoms with Crippen molar-refractivity contribution in [1.29, 1.82) is 0 Å². The van der Waals surface area contributed by atoms with Crippen molar-refractivity contribution in [1.82, 2.24) is 15.0 Å². The van der Waals surface area contributed by atoms with Crippen molar-refractivity contribution in [3.05, 3.63) is 65.1 Å². The summed E-state index contributed by atoms with van der Waals surface area (Å²) in [5, 5.41) is 40.1. The number of rotatable bonds is 7. The predicted octanol–water partition coefficient (Wildman–Crippen LogP) is 2.64. The number of anilines is 1. The van der Waals surface area contributed by atoms with Gasteiger partial charge in [0, 0.05) is 23.4 Å². The van der Waals surface area contributed by atoms with Gasteiger partial charge in [-0.05, 0) is 49.6 Å². The molecule has 0 unspecified atom stereocenters. The number of halogens is 4. The fraction of sp³-hybridized carbons (Fsp3) is 0.444. The molecule has 14 heteroatoms. The Hall–Kier alpha value is -3.07. The maximum atomic E-state index is 14.2. The van der Waals surface area contributed by atoms with Gasteiger partial charge in [-0.2, -0.15) is 0 Å². The minimum absolute atomic E-state index is 0.0469. The molecule has 41 heavy (non-hydrogen) atoms. The SMILES string of the molecule is CO[C@@H]1[C@@H](n2cc(-c3cc(F)c(F)c(F)c3)nn2)[C@@H](O)[C@@H](CO)O[C@H]1C(=O)N(c1cccc(Cl)c1)[C@H]1CCC[C@@H]1O. The average Bonchev–Trinajstić information content (AvgIpc) is 3.61. The maximum Gasteiger partial charge on any atom is 0.259 e. The first-order chi connectivity index (χ1) is 19.6. The topological polar surface area (TPSA) is 130 Å². The third-order valence-corrected chi connectivity index (χ3v) is 7.81. The van der Waals surface area contributed by atoms with Crippen molar-refractivity contribution < 1.29 is 42.8 Å². The molecule has 3 aromatic rings. The predicted molar refractivity (Wildman–Crippen MR) is 140 cm³/mol. The lowest BCUT2D eigenvalue weighted by atomic mass is 9.91. The normalized spacial score (nSPS) is 28.1. The summed E-state index contributed by atoms with van der Waals surface area (Å²) in [5.41, 5.74) is 0.254. The van der Waals surface area contributed by atoms with Crippen LogP contribution < -0.4 is 4.90 Å². The van der Waals surface area contributed by atoms with Gasteiger partial charge in [-0.15, -0.1) is 5.10 Å².